The van der Waals surface area contributed by atoms with Crippen LogP contribution in [0.3, 0.4) is 0 Å². The highest BCUT2D eigenvalue weighted by atomic mass is 79.9. The molecule has 0 aliphatic carbocycles. The maximum atomic E-state index is 9.01. The van der Waals surface area contributed by atoms with Gasteiger partial charge in [-0.25, -0.2) is 0 Å². The predicted octanol–water partition coefficient (Wildman–Crippen LogP) is 3.86. The third-order valence-corrected chi connectivity index (χ3v) is 3.97. The summed E-state index contributed by atoms with van der Waals surface area (Å²) in [4.78, 5) is 0. The Morgan fingerprint density at radius 3 is 2.63 bits per heavy atom. The molecule has 0 amide bonds. The van der Waals surface area contributed by atoms with Crippen molar-refractivity contribution >= 4 is 31.9 Å². The molecule has 5 heteroatoms. The van der Waals surface area contributed by atoms with E-state index >= 15 is 0 Å². The maximum Gasteiger partial charge on any atom is 0.138 e. The summed E-state index contributed by atoms with van der Waals surface area (Å²) in [5.41, 5.74) is 1.11. The Morgan fingerprint density at radius 2 is 2.05 bits per heavy atom. The quantitative estimate of drug-likeness (QED) is 0.703. The number of nitrogens with one attached hydrogen (secondary N) is 1. The smallest absolute Gasteiger partial charge is 0.138 e. The molecule has 1 unspecified atom stereocenters. The van der Waals surface area contributed by atoms with Gasteiger partial charge in [0.1, 0.15) is 5.75 Å². The molecule has 1 atom stereocenters. The largest absolute Gasteiger partial charge is 0.492 e. The molecule has 0 radical (unpaired) electrons. The van der Waals surface area contributed by atoms with Crippen LogP contribution in [0.25, 0.3) is 0 Å². The van der Waals surface area contributed by atoms with Crippen molar-refractivity contribution in [2.24, 2.45) is 0 Å². The van der Waals surface area contributed by atoms with E-state index in [1.54, 1.807) is 0 Å². The number of rotatable bonds is 8. The molecule has 0 bridgehead atoms. The summed E-state index contributed by atoms with van der Waals surface area (Å²) in [7, 11) is 0. The highest BCUT2D eigenvalue weighted by Crippen LogP contribution is 2.33. The van der Waals surface area contributed by atoms with Crippen molar-refractivity contribution in [3.63, 3.8) is 0 Å². The molecule has 1 aromatic rings. The molecule has 108 valence electrons. The third-order valence-electron chi connectivity index (χ3n) is 2.93. The zero-order valence-electron chi connectivity index (χ0n) is 11.4. The van der Waals surface area contributed by atoms with E-state index in [1.165, 1.54) is 0 Å². The summed E-state index contributed by atoms with van der Waals surface area (Å²) < 4.78 is 7.67. The van der Waals surface area contributed by atoms with Crippen LogP contribution in [-0.4, -0.2) is 24.4 Å². The summed E-state index contributed by atoms with van der Waals surface area (Å²) in [5.74, 6) is 0.886. The molecule has 0 fully saturated rings. The van der Waals surface area contributed by atoms with Gasteiger partial charge in [0.25, 0.3) is 0 Å². The van der Waals surface area contributed by atoms with E-state index in [0.717, 1.165) is 39.6 Å². The molecule has 19 heavy (non-hydrogen) atoms. The summed E-state index contributed by atoms with van der Waals surface area (Å²) in [6, 6.07) is 4.38. The number of aliphatic hydroxyl groups is 1. The van der Waals surface area contributed by atoms with Gasteiger partial charge < -0.3 is 15.2 Å². The summed E-state index contributed by atoms with van der Waals surface area (Å²) in [5, 5.41) is 12.5. The fraction of sp³-hybridized carbons (Fsp3) is 0.571. The molecule has 0 aliphatic rings. The normalized spacial score (nSPS) is 12.5. The molecule has 0 aliphatic heterocycles. The Kier molecular flexibility index (Phi) is 7.99. The fourth-order valence-electron chi connectivity index (χ4n) is 1.91. The van der Waals surface area contributed by atoms with Gasteiger partial charge in [-0.15, -0.1) is 0 Å². The van der Waals surface area contributed by atoms with Gasteiger partial charge in [-0.3, -0.25) is 0 Å². The Balaban J connectivity index is 2.80. The number of benzene rings is 1. The number of hydrogen-bond donors (Lipinski definition) is 2. The minimum absolute atomic E-state index is 0.214. The van der Waals surface area contributed by atoms with Gasteiger partial charge in [0, 0.05) is 29.2 Å². The van der Waals surface area contributed by atoms with Crippen molar-refractivity contribution < 1.29 is 9.84 Å². The van der Waals surface area contributed by atoms with Crippen molar-refractivity contribution in [3.8, 4) is 5.75 Å². The van der Waals surface area contributed by atoms with Gasteiger partial charge >= 0.3 is 0 Å². The molecule has 0 heterocycles. The zero-order chi connectivity index (χ0) is 14.3. The molecular weight excluding hydrogens is 374 g/mol. The second-order valence-electron chi connectivity index (χ2n) is 4.31. The van der Waals surface area contributed by atoms with Gasteiger partial charge in [-0.1, -0.05) is 22.9 Å². The zero-order valence-corrected chi connectivity index (χ0v) is 14.6. The highest BCUT2D eigenvalue weighted by Gasteiger charge is 2.12. The lowest BCUT2D eigenvalue weighted by Crippen LogP contribution is -2.29. The fourth-order valence-corrected chi connectivity index (χ4v) is 3.34. The highest BCUT2D eigenvalue weighted by molar-refractivity contribution is 9.11. The van der Waals surface area contributed by atoms with E-state index in [-0.39, 0.29) is 6.61 Å². The van der Waals surface area contributed by atoms with Crippen LogP contribution < -0.4 is 10.1 Å². The molecule has 0 spiro atoms. The van der Waals surface area contributed by atoms with Crippen molar-refractivity contribution in [2.75, 3.05) is 13.2 Å². The van der Waals surface area contributed by atoms with Crippen molar-refractivity contribution in [1.29, 1.82) is 0 Å². The Bertz CT molecular complexity index is 399. The van der Waals surface area contributed by atoms with E-state index in [0.29, 0.717) is 12.6 Å². The summed E-state index contributed by atoms with van der Waals surface area (Å²) in [6.07, 6.45) is 1.77. The Morgan fingerprint density at radius 1 is 1.32 bits per heavy atom. The first-order chi connectivity index (χ1) is 9.12. The predicted molar refractivity (Wildman–Crippen MR) is 85.6 cm³/mol. The Hall–Kier alpha value is -0.100. The average molecular weight is 395 g/mol. The van der Waals surface area contributed by atoms with Gasteiger partial charge in [-0.05, 0) is 47.8 Å². The molecule has 1 rings (SSSR count). The minimum atomic E-state index is 0.214. The van der Waals surface area contributed by atoms with Crippen LogP contribution in [0.2, 0.25) is 0 Å². The van der Waals surface area contributed by atoms with Crippen LogP contribution in [0, 0.1) is 0 Å². The number of hydrogen-bond acceptors (Lipinski definition) is 3. The van der Waals surface area contributed by atoms with E-state index in [2.05, 4.69) is 50.2 Å². The first kappa shape index (κ1) is 17.0. The number of ether oxygens (including phenoxy) is 1. The lowest BCUT2D eigenvalue weighted by Gasteiger charge is -2.18. The van der Waals surface area contributed by atoms with Gasteiger partial charge in [-0.2, -0.15) is 0 Å². The van der Waals surface area contributed by atoms with Gasteiger partial charge in [0.05, 0.1) is 11.1 Å². The topological polar surface area (TPSA) is 41.5 Å². The first-order valence-electron chi connectivity index (χ1n) is 6.57. The van der Waals surface area contributed by atoms with Crippen LogP contribution in [0.5, 0.6) is 5.75 Å². The molecular formula is C14H21Br2NO2. The summed E-state index contributed by atoms with van der Waals surface area (Å²) >= 11 is 7.03. The van der Waals surface area contributed by atoms with Crippen LogP contribution in [-0.2, 0) is 6.54 Å². The van der Waals surface area contributed by atoms with Crippen LogP contribution in [0.15, 0.2) is 21.1 Å². The SMILES string of the molecule is CCOc1c(Br)cc(Br)cc1CNC(CC)CCO. The lowest BCUT2D eigenvalue weighted by atomic mass is 10.1. The Labute approximate surface area is 132 Å². The number of halogens is 2. The number of aliphatic hydroxyl groups excluding tert-OH is 1. The molecule has 1 aromatic carbocycles. The second-order valence-corrected chi connectivity index (χ2v) is 6.08. The van der Waals surface area contributed by atoms with E-state index in [4.69, 9.17) is 9.84 Å². The second kappa shape index (κ2) is 8.95. The van der Waals surface area contributed by atoms with Crippen molar-refractivity contribution in [2.45, 2.75) is 39.3 Å². The third kappa shape index (κ3) is 5.42. The standard InChI is InChI=1S/C14H21Br2NO2/c1-3-12(5-6-18)17-9-10-7-11(15)8-13(16)14(10)19-4-2/h7-8,12,17-18H,3-6,9H2,1-2H3. The molecule has 0 saturated heterocycles. The van der Waals surface area contributed by atoms with Gasteiger partial charge in [0.2, 0.25) is 0 Å². The lowest BCUT2D eigenvalue weighted by molar-refractivity contribution is 0.261. The first-order valence-corrected chi connectivity index (χ1v) is 8.15. The van der Waals surface area contributed by atoms with E-state index < -0.39 is 0 Å². The minimum Gasteiger partial charge on any atom is -0.492 e. The van der Waals surface area contributed by atoms with Crippen LogP contribution >= 0.6 is 31.9 Å². The molecule has 2 N–H and O–H groups in total. The molecule has 0 saturated carbocycles. The summed E-state index contributed by atoms with van der Waals surface area (Å²) in [6.45, 7) is 5.68. The molecule has 0 aromatic heterocycles. The van der Waals surface area contributed by atoms with Gasteiger partial charge in [0.15, 0.2) is 0 Å². The van der Waals surface area contributed by atoms with E-state index in [9.17, 15) is 0 Å². The van der Waals surface area contributed by atoms with Crippen LogP contribution in [0.4, 0.5) is 0 Å². The van der Waals surface area contributed by atoms with Crippen LogP contribution in [0.1, 0.15) is 32.3 Å². The monoisotopic (exact) mass is 393 g/mol. The average Bonchev–Trinajstić information content (AvgIpc) is 2.38. The molecule has 3 nitrogen and oxygen atoms in total. The van der Waals surface area contributed by atoms with Crippen molar-refractivity contribution in [3.05, 3.63) is 26.6 Å². The maximum absolute atomic E-state index is 9.01. The van der Waals surface area contributed by atoms with E-state index in [1.807, 2.05) is 13.0 Å². The van der Waals surface area contributed by atoms with Crippen molar-refractivity contribution in [1.82, 2.24) is 5.32 Å².